The molecule has 0 saturated heterocycles. The third kappa shape index (κ3) is 9.02. The highest BCUT2D eigenvalue weighted by Gasteiger charge is 2.19. The van der Waals surface area contributed by atoms with E-state index in [2.05, 4.69) is 20.9 Å². The minimum atomic E-state index is -0.574. The topological polar surface area (TPSA) is 109 Å². The van der Waals surface area contributed by atoms with Gasteiger partial charge >= 0.3 is 0 Å². The molecule has 1 heterocycles. The minimum absolute atomic E-state index is 0.0359. The molecule has 5 aromatic rings. The van der Waals surface area contributed by atoms with Crippen LogP contribution in [0.4, 0.5) is 10.8 Å². The lowest BCUT2D eigenvalue weighted by atomic mass is 10.1. The molecule has 47 heavy (non-hydrogen) atoms. The molecule has 0 bridgehead atoms. The fourth-order valence-corrected chi connectivity index (χ4v) is 6.28. The highest BCUT2D eigenvalue weighted by molar-refractivity contribution is 8.00. The molecule has 3 N–H and O–H groups in total. The summed E-state index contributed by atoms with van der Waals surface area (Å²) in [5, 5.41) is 10.9. The number of benzene rings is 4. The number of hydrogen-bond acceptors (Lipinski definition) is 7. The number of hydrogen-bond donors (Lipinski definition) is 3. The molecule has 1 aromatic heterocycles. The van der Waals surface area contributed by atoms with Gasteiger partial charge in [0, 0.05) is 27.1 Å². The lowest BCUT2D eigenvalue weighted by Gasteiger charge is -2.14. The SMILES string of the molecule is COc1ccc(-c2csc(NC(=O)C(C)Sc3cccc(NC(=O)/C(=C\c4cccc(Cl)c4Cl)NC(=O)c4ccccc4)c3)n2)cc1. The highest BCUT2D eigenvalue weighted by Crippen LogP contribution is 2.30. The molecule has 238 valence electrons. The van der Waals surface area contributed by atoms with Crippen molar-refractivity contribution in [2.75, 3.05) is 17.7 Å². The molecule has 3 amide bonds. The number of aromatic nitrogens is 1. The molecule has 0 aliphatic rings. The standard InChI is InChI=1S/C35H28Cl2N4O4S2/c1-21(32(42)41-35-40-30(20-46-35)22-14-16-26(45-2)17-15-22)47-27-12-7-11-25(19-27)38-34(44)29(18-24-10-6-13-28(36)31(24)37)39-33(43)23-8-4-3-5-9-23/h3-21H,1-2H3,(H,38,44)(H,39,43)(H,40,41,42)/b29-18+. The van der Waals surface area contributed by atoms with E-state index in [0.29, 0.717) is 27.0 Å². The van der Waals surface area contributed by atoms with Crippen molar-refractivity contribution < 1.29 is 19.1 Å². The number of methoxy groups -OCH3 is 1. The van der Waals surface area contributed by atoms with Gasteiger partial charge in [0.2, 0.25) is 5.91 Å². The number of rotatable bonds is 11. The van der Waals surface area contributed by atoms with Gasteiger partial charge in [0.15, 0.2) is 5.13 Å². The maximum atomic E-state index is 13.5. The number of amides is 3. The van der Waals surface area contributed by atoms with Crippen molar-refractivity contribution in [2.45, 2.75) is 17.1 Å². The second-order valence-corrected chi connectivity index (χ2v) is 13.1. The van der Waals surface area contributed by atoms with Crippen LogP contribution in [0.2, 0.25) is 10.0 Å². The molecule has 0 saturated carbocycles. The van der Waals surface area contributed by atoms with Crippen LogP contribution in [0, 0.1) is 0 Å². The molecule has 0 aliphatic carbocycles. The van der Waals surface area contributed by atoms with Crippen LogP contribution in [0.1, 0.15) is 22.8 Å². The van der Waals surface area contributed by atoms with E-state index in [-0.39, 0.29) is 16.6 Å². The van der Waals surface area contributed by atoms with Crippen LogP contribution in [0.5, 0.6) is 5.75 Å². The predicted octanol–water partition coefficient (Wildman–Crippen LogP) is 8.65. The van der Waals surface area contributed by atoms with Gasteiger partial charge < -0.3 is 20.7 Å². The second-order valence-electron chi connectivity index (χ2n) is 10.0. The Kier molecular flexibility index (Phi) is 11.3. The van der Waals surface area contributed by atoms with Gasteiger partial charge in [0.1, 0.15) is 11.4 Å². The van der Waals surface area contributed by atoms with Gasteiger partial charge in [-0.2, -0.15) is 0 Å². The number of nitrogens with zero attached hydrogens (tertiary/aromatic N) is 1. The van der Waals surface area contributed by atoms with Crippen molar-refractivity contribution in [2.24, 2.45) is 0 Å². The Balaban J connectivity index is 1.26. The number of thiazole rings is 1. The molecule has 5 rings (SSSR count). The summed E-state index contributed by atoms with van der Waals surface area (Å²) in [5.74, 6) is -0.506. The third-order valence-corrected chi connectivity index (χ3v) is 9.39. The second kappa shape index (κ2) is 15.8. The predicted molar refractivity (Wildman–Crippen MR) is 191 cm³/mol. The van der Waals surface area contributed by atoms with E-state index in [1.54, 1.807) is 80.8 Å². The van der Waals surface area contributed by atoms with Crippen LogP contribution in [0.3, 0.4) is 0 Å². The molecular weight excluding hydrogens is 675 g/mol. The Labute approximate surface area is 290 Å². The average Bonchev–Trinajstić information content (AvgIpc) is 3.55. The summed E-state index contributed by atoms with van der Waals surface area (Å²) in [7, 11) is 1.61. The first kappa shape index (κ1) is 33.7. The number of ether oxygens (including phenoxy) is 1. The van der Waals surface area contributed by atoms with E-state index in [1.165, 1.54) is 29.2 Å². The van der Waals surface area contributed by atoms with Crippen LogP contribution in [0.15, 0.2) is 113 Å². The van der Waals surface area contributed by atoms with Gasteiger partial charge in [-0.25, -0.2) is 4.98 Å². The summed E-state index contributed by atoms with van der Waals surface area (Å²) in [6.45, 7) is 1.79. The zero-order valence-electron chi connectivity index (χ0n) is 25.1. The van der Waals surface area contributed by atoms with Gasteiger partial charge in [-0.1, -0.05) is 59.6 Å². The Morgan fingerprint density at radius 2 is 1.66 bits per heavy atom. The molecule has 0 fully saturated rings. The molecule has 1 atom stereocenters. The van der Waals surface area contributed by atoms with Crippen molar-refractivity contribution in [3.05, 3.63) is 129 Å². The first-order valence-corrected chi connectivity index (χ1v) is 16.7. The van der Waals surface area contributed by atoms with E-state index >= 15 is 0 Å². The van der Waals surface area contributed by atoms with Crippen LogP contribution in [-0.4, -0.2) is 35.1 Å². The normalized spacial score (nSPS) is 11.8. The number of anilines is 2. The summed E-state index contributed by atoms with van der Waals surface area (Å²) in [6.07, 6.45) is 1.47. The van der Waals surface area contributed by atoms with Crippen molar-refractivity contribution in [3.63, 3.8) is 0 Å². The van der Waals surface area contributed by atoms with E-state index in [0.717, 1.165) is 21.9 Å². The fraction of sp³-hybridized carbons (Fsp3) is 0.0857. The molecule has 0 aliphatic heterocycles. The summed E-state index contributed by atoms with van der Waals surface area (Å²) < 4.78 is 5.21. The van der Waals surface area contributed by atoms with Crippen molar-refractivity contribution in [1.82, 2.24) is 10.3 Å². The molecule has 0 spiro atoms. The lowest BCUT2D eigenvalue weighted by Crippen LogP contribution is -2.30. The first-order valence-electron chi connectivity index (χ1n) is 14.2. The maximum Gasteiger partial charge on any atom is 0.272 e. The van der Waals surface area contributed by atoms with E-state index in [9.17, 15) is 14.4 Å². The molecule has 8 nitrogen and oxygen atoms in total. The van der Waals surface area contributed by atoms with E-state index < -0.39 is 17.1 Å². The number of carbonyl (C=O) groups excluding carboxylic acids is 3. The Hall–Kier alpha value is -4.61. The molecule has 0 radical (unpaired) electrons. The zero-order chi connectivity index (χ0) is 33.3. The molecular formula is C35H28Cl2N4O4S2. The van der Waals surface area contributed by atoms with Crippen LogP contribution in [-0.2, 0) is 9.59 Å². The Bertz CT molecular complexity index is 1930. The van der Waals surface area contributed by atoms with E-state index in [1.807, 2.05) is 35.7 Å². The Morgan fingerprint density at radius 3 is 2.40 bits per heavy atom. The van der Waals surface area contributed by atoms with Gasteiger partial charge in [-0.15, -0.1) is 23.1 Å². The van der Waals surface area contributed by atoms with Crippen molar-refractivity contribution in [1.29, 1.82) is 0 Å². The van der Waals surface area contributed by atoms with Crippen molar-refractivity contribution >= 4 is 80.9 Å². The minimum Gasteiger partial charge on any atom is -0.497 e. The maximum absolute atomic E-state index is 13.5. The van der Waals surface area contributed by atoms with Gasteiger partial charge in [-0.3, -0.25) is 14.4 Å². The average molecular weight is 704 g/mol. The molecule has 12 heteroatoms. The first-order chi connectivity index (χ1) is 22.7. The third-order valence-electron chi connectivity index (χ3n) is 6.70. The van der Waals surface area contributed by atoms with E-state index in [4.69, 9.17) is 27.9 Å². The fourth-order valence-electron chi connectivity index (χ4n) is 4.27. The number of carbonyl (C=O) groups is 3. The summed E-state index contributed by atoms with van der Waals surface area (Å²) >= 11 is 15.2. The summed E-state index contributed by atoms with van der Waals surface area (Å²) in [6, 6.07) is 28.2. The Morgan fingerprint density at radius 1 is 0.915 bits per heavy atom. The quantitative estimate of drug-likeness (QED) is 0.0939. The number of nitrogens with one attached hydrogen (secondary N) is 3. The molecule has 4 aromatic carbocycles. The van der Waals surface area contributed by atoms with Crippen LogP contribution in [0.25, 0.3) is 17.3 Å². The highest BCUT2D eigenvalue weighted by atomic mass is 35.5. The number of thioether (sulfide) groups is 1. The van der Waals surface area contributed by atoms with Crippen molar-refractivity contribution in [3.8, 4) is 17.0 Å². The summed E-state index contributed by atoms with van der Waals surface area (Å²) in [5.41, 5.74) is 2.93. The van der Waals surface area contributed by atoms with Gasteiger partial charge in [0.05, 0.1) is 28.1 Å². The number of halogens is 2. The monoisotopic (exact) mass is 702 g/mol. The zero-order valence-corrected chi connectivity index (χ0v) is 28.3. The van der Waals surface area contributed by atoms with Crippen LogP contribution >= 0.6 is 46.3 Å². The molecule has 1 unspecified atom stereocenters. The summed E-state index contributed by atoms with van der Waals surface area (Å²) in [4.78, 5) is 44.8. The van der Waals surface area contributed by atoms with Gasteiger partial charge in [0.25, 0.3) is 11.8 Å². The smallest absolute Gasteiger partial charge is 0.272 e. The largest absolute Gasteiger partial charge is 0.497 e. The lowest BCUT2D eigenvalue weighted by molar-refractivity contribution is -0.115. The van der Waals surface area contributed by atoms with Gasteiger partial charge in [-0.05, 0) is 79.2 Å². The van der Waals surface area contributed by atoms with Crippen LogP contribution < -0.4 is 20.7 Å².